The lowest BCUT2D eigenvalue weighted by Crippen LogP contribution is -2.47. The third kappa shape index (κ3) is 3.45. The van der Waals surface area contributed by atoms with E-state index in [4.69, 9.17) is 15.2 Å². The molecule has 0 amide bonds. The highest BCUT2D eigenvalue weighted by atomic mass is 16.5. The van der Waals surface area contributed by atoms with Crippen molar-refractivity contribution in [1.82, 2.24) is 4.90 Å². The molecule has 1 fully saturated rings. The highest BCUT2D eigenvalue weighted by Crippen LogP contribution is 2.24. The van der Waals surface area contributed by atoms with Crippen LogP contribution in [-0.2, 0) is 4.74 Å². The first-order chi connectivity index (χ1) is 9.28. The van der Waals surface area contributed by atoms with Crippen molar-refractivity contribution in [2.75, 3.05) is 40.0 Å². The Kier molecular flexibility index (Phi) is 5.15. The van der Waals surface area contributed by atoms with Crippen LogP contribution in [0.3, 0.4) is 0 Å². The highest BCUT2D eigenvalue weighted by molar-refractivity contribution is 5.29. The van der Waals surface area contributed by atoms with E-state index in [2.05, 4.69) is 4.90 Å². The van der Waals surface area contributed by atoms with Gasteiger partial charge in [0.1, 0.15) is 5.75 Å². The van der Waals surface area contributed by atoms with E-state index in [1.165, 1.54) is 5.56 Å². The monoisotopic (exact) mass is 266 g/mol. The summed E-state index contributed by atoms with van der Waals surface area (Å²) in [6.07, 6.45) is -0.110. The van der Waals surface area contributed by atoms with Crippen LogP contribution < -0.4 is 10.5 Å². The highest BCUT2D eigenvalue weighted by Gasteiger charge is 2.26. The predicted molar refractivity (Wildman–Crippen MR) is 73.2 cm³/mol. The van der Waals surface area contributed by atoms with Gasteiger partial charge in [-0.25, -0.2) is 0 Å². The number of aliphatic hydroxyl groups excluding tert-OH is 1. The summed E-state index contributed by atoms with van der Waals surface area (Å²) in [5.74, 6) is 0.842. The van der Waals surface area contributed by atoms with E-state index in [9.17, 15) is 5.11 Å². The minimum atomic E-state index is -0.110. The first-order valence-electron chi connectivity index (χ1n) is 6.59. The van der Waals surface area contributed by atoms with E-state index < -0.39 is 0 Å². The summed E-state index contributed by atoms with van der Waals surface area (Å²) in [5.41, 5.74) is 7.09. The second-order valence-corrected chi connectivity index (χ2v) is 4.69. The van der Waals surface area contributed by atoms with Crippen LogP contribution in [-0.4, -0.2) is 56.1 Å². The standard InChI is InChI=1S/C14H22N2O3/c1-18-12-4-2-11(3-5-12)14(8-15)16-6-7-19-13(9-16)10-17/h2-5,13-14,17H,6-10,15H2,1H3. The largest absolute Gasteiger partial charge is 0.497 e. The Morgan fingerprint density at radius 3 is 2.79 bits per heavy atom. The first kappa shape index (κ1) is 14.3. The molecule has 106 valence electrons. The van der Waals surface area contributed by atoms with E-state index in [0.29, 0.717) is 19.7 Å². The average molecular weight is 266 g/mol. The van der Waals surface area contributed by atoms with Crippen LogP contribution in [0.5, 0.6) is 5.75 Å². The summed E-state index contributed by atoms with van der Waals surface area (Å²) in [6.45, 7) is 2.79. The van der Waals surface area contributed by atoms with Crippen molar-refractivity contribution in [2.24, 2.45) is 5.73 Å². The fourth-order valence-electron chi connectivity index (χ4n) is 2.46. The Hall–Kier alpha value is -1.14. The van der Waals surface area contributed by atoms with Crippen molar-refractivity contribution in [2.45, 2.75) is 12.1 Å². The van der Waals surface area contributed by atoms with Crippen LogP contribution in [0.25, 0.3) is 0 Å². The minimum absolute atomic E-state index is 0.0520. The molecule has 2 unspecified atom stereocenters. The molecule has 1 aromatic carbocycles. The molecule has 0 aromatic heterocycles. The molecule has 1 aliphatic heterocycles. The van der Waals surface area contributed by atoms with E-state index in [1.54, 1.807) is 7.11 Å². The van der Waals surface area contributed by atoms with Crippen molar-refractivity contribution in [3.63, 3.8) is 0 Å². The Labute approximate surface area is 113 Å². The van der Waals surface area contributed by atoms with Crippen molar-refractivity contribution < 1.29 is 14.6 Å². The molecular weight excluding hydrogens is 244 g/mol. The van der Waals surface area contributed by atoms with Gasteiger partial charge >= 0.3 is 0 Å². The molecule has 0 aliphatic carbocycles. The number of aliphatic hydroxyl groups is 1. The number of hydrogen-bond donors (Lipinski definition) is 2. The number of ether oxygens (including phenoxy) is 2. The molecule has 1 saturated heterocycles. The Bertz CT molecular complexity index is 383. The molecule has 2 rings (SSSR count). The summed E-state index contributed by atoms with van der Waals surface area (Å²) in [5, 5.41) is 9.20. The van der Waals surface area contributed by atoms with Gasteiger partial charge in [-0.15, -0.1) is 0 Å². The molecule has 0 saturated carbocycles. The molecule has 5 nitrogen and oxygen atoms in total. The molecule has 1 aliphatic rings. The third-order valence-corrected chi connectivity index (χ3v) is 3.54. The van der Waals surface area contributed by atoms with Crippen LogP contribution in [0.2, 0.25) is 0 Å². The number of hydrogen-bond acceptors (Lipinski definition) is 5. The molecule has 0 spiro atoms. The van der Waals surface area contributed by atoms with Gasteiger partial charge in [0.2, 0.25) is 0 Å². The maximum absolute atomic E-state index is 9.20. The molecule has 0 bridgehead atoms. The van der Waals surface area contributed by atoms with Crippen molar-refractivity contribution in [1.29, 1.82) is 0 Å². The Balaban J connectivity index is 2.09. The van der Waals surface area contributed by atoms with Crippen molar-refractivity contribution in [3.05, 3.63) is 29.8 Å². The number of rotatable bonds is 5. The van der Waals surface area contributed by atoms with Gasteiger partial charge in [-0.2, -0.15) is 0 Å². The fourth-order valence-corrected chi connectivity index (χ4v) is 2.46. The van der Waals surface area contributed by atoms with Gasteiger partial charge in [0.15, 0.2) is 0 Å². The molecule has 0 radical (unpaired) electrons. The molecule has 19 heavy (non-hydrogen) atoms. The van der Waals surface area contributed by atoms with Gasteiger partial charge in [-0.05, 0) is 17.7 Å². The molecule has 3 N–H and O–H groups in total. The van der Waals surface area contributed by atoms with Crippen LogP contribution >= 0.6 is 0 Å². The van der Waals surface area contributed by atoms with Crippen molar-refractivity contribution >= 4 is 0 Å². The number of methoxy groups -OCH3 is 1. The predicted octanol–water partition coefficient (Wildman–Crippen LogP) is 0.388. The molecule has 1 heterocycles. The maximum atomic E-state index is 9.20. The second-order valence-electron chi connectivity index (χ2n) is 4.69. The zero-order valence-electron chi connectivity index (χ0n) is 11.3. The van der Waals surface area contributed by atoms with Gasteiger partial charge < -0.3 is 20.3 Å². The van der Waals surface area contributed by atoms with Crippen LogP contribution in [0.4, 0.5) is 0 Å². The lowest BCUT2D eigenvalue weighted by molar-refractivity contribution is -0.0643. The molecular formula is C14H22N2O3. The zero-order chi connectivity index (χ0) is 13.7. The first-order valence-corrected chi connectivity index (χ1v) is 6.59. The fraction of sp³-hybridized carbons (Fsp3) is 0.571. The number of nitrogens with two attached hydrogens (primary N) is 1. The Morgan fingerprint density at radius 2 is 2.21 bits per heavy atom. The summed E-state index contributed by atoms with van der Waals surface area (Å²) >= 11 is 0. The lowest BCUT2D eigenvalue weighted by Gasteiger charge is -2.37. The minimum Gasteiger partial charge on any atom is -0.497 e. The smallest absolute Gasteiger partial charge is 0.118 e. The zero-order valence-corrected chi connectivity index (χ0v) is 11.3. The van der Waals surface area contributed by atoms with Gasteiger partial charge in [-0.3, -0.25) is 4.90 Å². The van der Waals surface area contributed by atoms with E-state index in [-0.39, 0.29) is 18.8 Å². The van der Waals surface area contributed by atoms with Crippen molar-refractivity contribution in [3.8, 4) is 5.75 Å². The van der Waals surface area contributed by atoms with Gasteiger partial charge in [0.25, 0.3) is 0 Å². The molecule has 5 heteroatoms. The van der Waals surface area contributed by atoms with E-state index in [0.717, 1.165) is 12.3 Å². The normalized spacial score (nSPS) is 22.2. The molecule has 1 aromatic rings. The van der Waals surface area contributed by atoms with E-state index in [1.807, 2.05) is 24.3 Å². The SMILES string of the molecule is COc1ccc(C(CN)N2CCOC(CO)C2)cc1. The summed E-state index contributed by atoms with van der Waals surface area (Å²) in [4.78, 5) is 2.27. The van der Waals surface area contributed by atoms with Gasteiger partial charge in [0.05, 0.1) is 26.4 Å². The number of nitrogens with zero attached hydrogens (tertiary/aromatic N) is 1. The van der Waals surface area contributed by atoms with E-state index >= 15 is 0 Å². The maximum Gasteiger partial charge on any atom is 0.118 e. The van der Waals surface area contributed by atoms with Gasteiger partial charge in [0, 0.05) is 25.7 Å². The average Bonchev–Trinajstić information content (AvgIpc) is 2.49. The lowest BCUT2D eigenvalue weighted by atomic mass is 10.0. The number of morpholine rings is 1. The Morgan fingerprint density at radius 1 is 1.47 bits per heavy atom. The summed E-state index contributed by atoms with van der Waals surface area (Å²) in [6, 6.07) is 8.13. The third-order valence-electron chi connectivity index (χ3n) is 3.54. The quantitative estimate of drug-likeness (QED) is 0.807. The van der Waals surface area contributed by atoms with Crippen LogP contribution in [0.1, 0.15) is 11.6 Å². The number of benzene rings is 1. The van der Waals surface area contributed by atoms with Crippen LogP contribution in [0, 0.1) is 0 Å². The topological polar surface area (TPSA) is 68.0 Å². The molecule has 2 atom stereocenters. The second kappa shape index (κ2) is 6.86. The van der Waals surface area contributed by atoms with Gasteiger partial charge in [-0.1, -0.05) is 12.1 Å². The van der Waals surface area contributed by atoms with Crippen LogP contribution in [0.15, 0.2) is 24.3 Å². The summed E-state index contributed by atoms with van der Waals surface area (Å²) < 4.78 is 10.6. The summed E-state index contributed by atoms with van der Waals surface area (Å²) in [7, 11) is 1.66.